The van der Waals surface area contributed by atoms with E-state index in [9.17, 15) is 9.59 Å². The zero-order valence-electron chi connectivity index (χ0n) is 18.4. The Morgan fingerprint density at radius 3 is 2.33 bits per heavy atom. The Morgan fingerprint density at radius 1 is 0.939 bits per heavy atom. The third-order valence-electron chi connectivity index (χ3n) is 5.37. The van der Waals surface area contributed by atoms with Gasteiger partial charge in [0.15, 0.2) is 11.5 Å². The summed E-state index contributed by atoms with van der Waals surface area (Å²) in [6.07, 6.45) is 3.24. The molecule has 0 spiro atoms. The smallest absolute Gasteiger partial charge is 0.278 e. The molecule has 2 heterocycles. The number of benzene rings is 2. The van der Waals surface area contributed by atoms with Gasteiger partial charge < -0.3 is 14.8 Å². The largest absolute Gasteiger partial charge is 0.493 e. The molecule has 0 aliphatic carbocycles. The van der Waals surface area contributed by atoms with Crippen molar-refractivity contribution in [3.8, 4) is 11.5 Å². The number of nitrogens with zero attached hydrogens (tertiary/aromatic N) is 2. The number of methoxy groups -OCH3 is 2. The van der Waals surface area contributed by atoms with Gasteiger partial charge in [0.05, 0.1) is 26.3 Å². The molecule has 0 saturated heterocycles. The van der Waals surface area contributed by atoms with Gasteiger partial charge in [-0.25, -0.2) is 0 Å². The van der Waals surface area contributed by atoms with Crippen LogP contribution in [0.4, 0.5) is 5.69 Å². The van der Waals surface area contributed by atoms with Gasteiger partial charge in [0.25, 0.3) is 11.8 Å². The van der Waals surface area contributed by atoms with Gasteiger partial charge in [-0.1, -0.05) is 23.7 Å². The lowest BCUT2D eigenvalue weighted by atomic mass is 10.0. The van der Waals surface area contributed by atoms with Crippen molar-refractivity contribution in [1.82, 2.24) is 9.88 Å². The van der Waals surface area contributed by atoms with Crippen molar-refractivity contribution in [2.75, 3.05) is 19.5 Å². The van der Waals surface area contributed by atoms with Crippen LogP contribution >= 0.6 is 11.6 Å². The molecule has 2 amide bonds. The Morgan fingerprint density at radius 2 is 1.67 bits per heavy atom. The lowest BCUT2D eigenvalue weighted by molar-refractivity contribution is -0.137. The van der Waals surface area contributed by atoms with E-state index in [0.29, 0.717) is 27.8 Å². The molecule has 1 N–H and O–H groups in total. The highest BCUT2D eigenvalue weighted by atomic mass is 35.5. The van der Waals surface area contributed by atoms with Gasteiger partial charge in [-0.3, -0.25) is 19.5 Å². The molecule has 0 fully saturated rings. The summed E-state index contributed by atoms with van der Waals surface area (Å²) in [5, 5.41) is 3.67. The topological polar surface area (TPSA) is 80.8 Å². The molecule has 8 heteroatoms. The van der Waals surface area contributed by atoms with E-state index < -0.39 is 11.8 Å². The van der Waals surface area contributed by atoms with Crippen molar-refractivity contribution in [2.45, 2.75) is 13.5 Å². The number of nitrogens with one attached hydrogen (secondary N) is 1. The number of aromatic nitrogens is 1. The SMILES string of the molecule is COc1ccc(C2=C(Nc3ccc(C)c(Cl)c3)C(=O)N(Cc3ccncc3)C2=O)cc1OC. The van der Waals surface area contributed by atoms with Crippen molar-refractivity contribution < 1.29 is 19.1 Å². The highest BCUT2D eigenvalue weighted by molar-refractivity contribution is 6.36. The predicted molar refractivity (Wildman–Crippen MR) is 126 cm³/mol. The molecular weight excluding hydrogens is 442 g/mol. The van der Waals surface area contributed by atoms with Crippen LogP contribution in [0.5, 0.6) is 11.5 Å². The lowest BCUT2D eigenvalue weighted by Gasteiger charge is -2.15. The van der Waals surface area contributed by atoms with Crippen LogP contribution < -0.4 is 14.8 Å². The van der Waals surface area contributed by atoms with E-state index in [0.717, 1.165) is 11.1 Å². The second kappa shape index (κ2) is 9.34. The number of carbonyl (C=O) groups excluding carboxylic acids is 2. The maximum absolute atomic E-state index is 13.5. The molecule has 2 aromatic carbocycles. The number of aryl methyl sites for hydroxylation is 1. The Balaban J connectivity index is 1.79. The number of ether oxygens (including phenoxy) is 2. The van der Waals surface area contributed by atoms with E-state index >= 15 is 0 Å². The minimum atomic E-state index is -0.432. The maximum Gasteiger partial charge on any atom is 0.278 e. The fraction of sp³-hybridized carbons (Fsp3) is 0.160. The third-order valence-corrected chi connectivity index (χ3v) is 5.78. The fourth-order valence-electron chi connectivity index (χ4n) is 3.58. The van der Waals surface area contributed by atoms with Gasteiger partial charge in [0.1, 0.15) is 5.70 Å². The lowest BCUT2D eigenvalue weighted by Crippen LogP contribution is -2.32. The van der Waals surface area contributed by atoms with Crippen LogP contribution in [0.15, 0.2) is 66.6 Å². The zero-order valence-corrected chi connectivity index (χ0v) is 19.1. The molecule has 168 valence electrons. The number of rotatable bonds is 7. The van der Waals surface area contributed by atoms with Gasteiger partial charge in [0, 0.05) is 23.1 Å². The number of hydrogen-bond acceptors (Lipinski definition) is 6. The second-order valence-corrected chi connectivity index (χ2v) is 7.87. The number of amides is 2. The van der Waals surface area contributed by atoms with Gasteiger partial charge in [-0.05, 0) is 60.0 Å². The second-order valence-electron chi connectivity index (χ2n) is 7.46. The molecule has 1 aliphatic heterocycles. The van der Waals surface area contributed by atoms with Crippen LogP contribution in [-0.2, 0) is 16.1 Å². The van der Waals surface area contributed by atoms with E-state index in [4.69, 9.17) is 21.1 Å². The highest BCUT2D eigenvalue weighted by Gasteiger charge is 2.39. The van der Waals surface area contributed by atoms with E-state index in [1.807, 2.05) is 19.1 Å². The van der Waals surface area contributed by atoms with Gasteiger partial charge in [-0.15, -0.1) is 0 Å². The molecule has 4 rings (SSSR count). The van der Waals surface area contributed by atoms with Crippen molar-refractivity contribution in [3.63, 3.8) is 0 Å². The van der Waals surface area contributed by atoms with Crippen molar-refractivity contribution in [2.24, 2.45) is 0 Å². The van der Waals surface area contributed by atoms with Crippen LogP contribution in [0.1, 0.15) is 16.7 Å². The Hall–Kier alpha value is -3.84. The molecule has 3 aromatic rings. The molecule has 0 radical (unpaired) electrons. The first-order chi connectivity index (χ1) is 15.9. The quantitative estimate of drug-likeness (QED) is 0.521. The Labute approximate surface area is 196 Å². The van der Waals surface area contributed by atoms with Gasteiger partial charge >= 0.3 is 0 Å². The number of imide groups is 1. The minimum absolute atomic E-state index is 0.122. The summed E-state index contributed by atoms with van der Waals surface area (Å²) in [5.41, 5.74) is 3.24. The summed E-state index contributed by atoms with van der Waals surface area (Å²) >= 11 is 6.27. The summed E-state index contributed by atoms with van der Waals surface area (Å²) in [6.45, 7) is 2.01. The number of pyridine rings is 1. The van der Waals surface area contributed by atoms with Crippen molar-refractivity contribution >= 4 is 34.7 Å². The monoisotopic (exact) mass is 463 g/mol. The molecule has 33 heavy (non-hydrogen) atoms. The first-order valence-electron chi connectivity index (χ1n) is 10.2. The van der Waals surface area contributed by atoms with Crippen molar-refractivity contribution in [3.05, 3.63) is 88.3 Å². The van der Waals surface area contributed by atoms with E-state index in [-0.39, 0.29) is 17.8 Å². The molecule has 0 saturated carbocycles. The normalized spacial score (nSPS) is 13.5. The van der Waals surface area contributed by atoms with Crippen LogP contribution in [0.3, 0.4) is 0 Å². The van der Waals surface area contributed by atoms with Gasteiger partial charge in [0.2, 0.25) is 0 Å². The minimum Gasteiger partial charge on any atom is -0.493 e. The van der Waals surface area contributed by atoms with E-state index in [1.165, 1.54) is 19.1 Å². The summed E-state index contributed by atoms with van der Waals surface area (Å²) in [4.78, 5) is 32.1. The van der Waals surface area contributed by atoms with E-state index in [2.05, 4.69) is 10.3 Å². The van der Waals surface area contributed by atoms with Crippen molar-refractivity contribution in [1.29, 1.82) is 0 Å². The summed E-state index contributed by atoms with van der Waals surface area (Å²) in [7, 11) is 3.05. The van der Waals surface area contributed by atoms with Crippen LogP contribution in [0.25, 0.3) is 5.57 Å². The molecule has 1 aliphatic rings. The summed E-state index contributed by atoms with van der Waals surface area (Å²) in [5.74, 6) is 0.128. The van der Waals surface area contributed by atoms with Crippen LogP contribution in [0.2, 0.25) is 5.02 Å². The number of anilines is 1. The Bertz CT molecular complexity index is 1260. The van der Waals surface area contributed by atoms with Crippen LogP contribution in [0, 0.1) is 6.92 Å². The molecular formula is C25H22ClN3O4. The number of hydrogen-bond donors (Lipinski definition) is 1. The third kappa shape index (κ3) is 4.40. The number of carbonyl (C=O) groups is 2. The molecule has 0 atom stereocenters. The standard InChI is InChI=1S/C25H22ClN3O4/c1-15-4-6-18(13-19(15)26)28-23-22(17-5-7-20(32-2)21(12-17)33-3)24(30)29(25(23)31)14-16-8-10-27-11-9-16/h4-13,28H,14H2,1-3H3. The summed E-state index contributed by atoms with van der Waals surface area (Å²) in [6, 6.07) is 14.0. The summed E-state index contributed by atoms with van der Waals surface area (Å²) < 4.78 is 10.7. The molecule has 7 nitrogen and oxygen atoms in total. The highest BCUT2D eigenvalue weighted by Crippen LogP contribution is 2.36. The van der Waals surface area contributed by atoms with E-state index in [1.54, 1.807) is 48.8 Å². The predicted octanol–water partition coefficient (Wildman–Crippen LogP) is 4.45. The molecule has 0 bridgehead atoms. The average Bonchev–Trinajstić information content (AvgIpc) is 3.05. The maximum atomic E-state index is 13.5. The van der Waals surface area contributed by atoms with Crippen LogP contribution in [-0.4, -0.2) is 35.9 Å². The van der Waals surface area contributed by atoms with Gasteiger partial charge in [-0.2, -0.15) is 0 Å². The fourth-order valence-corrected chi connectivity index (χ4v) is 3.76. The molecule has 1 aromatic heterocycles. The average molecular weight is 464 g/mol. The first kappa shape index (κ1) is 22.4. The number of halogens is 1. The Kier molecular flexibility index (Phi) is 6.33. The first-order valence-corrected chi connectivity index (χ1v) is 10.6. The zero-order chi connectivity index (χ0) is 23.5. The molecule has 0 unspecified atom stereocenters.